The summed E-state index contributed by atoms with van der Waals surface area (Å²) >= 11 is 0. The molecule has 7 atom stereocenters. The molecule has 6 heteroatoms. The summed E-state index contributed by atoms with van der Waals surface area (Å²) in [7, 11) is 0. The van der Waals surface area contributed by atoms with Crippen molar-refractivity contribution in [1.29, 1.82) is 0 Å². The van der Waals surface area contributed by atoms with E-state index in [2.05, 4.69) is 15.5 Å². The van der Waals surface area contributed by atoms with Crippen LogP contribution in [0.15, 0.2) is 10.2 Å². The van der Waals surface area contributed by atoms with Gasteiger partial charge in [-0.2, -0.15) is 10.2 Å². The Morgan fingerprint density at radius 3 is 2.28 bits per heavy atom. The molecule has 0 saturated heterocycles. The van der Waals surface area contributed by atoms with Crippen molar-refractivity contribution in [2.24, 2.45) is 28.0 Å². The summed E-state index contributed by atoms with van der Waals surface area (Å²) in [6.07, 6.45) is 13.7. The lowest BCUT2D eigenvalue weighted by Gasteiger charge is -2.45. The SMILES string of the molecule is O=C(NC1CCCCC1)C1CC2CCCCC2C(N=NC2CCCCC2O)C1O. The Bertz CT molecular complexity index is 578. The maximum atomic E-state index is 13.1. The molecule has 0 aromatic heterocycles. The van der Waals surface area contributed by atoms with Crippen molar-refractivity contribution in [3.8, 4) is 0 Å². The fourth-order valence-corrected chi connectivity index (χ4v) is 6.30. The molecule has 0 aromatic rings. The Labute approximate surface area is 174 Å². The summed E-state index contributed by atoms with van der Waals surface area (Å²) < 4.78 is 0. The number of azo groups is 1. The van der Waals surface area contributed by atoms with Gasteiger partial charge in [0.05, 0.1) is 24.2 Å². The van der Waals surface area contributed by atoms with Crippen LogP contribution < -0.4 is 5.32 Å². The number of nitrogens with zero attached hydrogens (tertiary/aromatic N) is 2. The zero-order valence-corrected chi connectivity index (χ0v) is 17.7. The number of nitrogens with one attached hydrogen (secondary N) is 1. The molecule has 4 saturated carbocycles. The number of fused-ring (bicyclic) bond motifs is 1. The van der Waals surface area contributed by atoms with Crippen LogP contribution in [-0.4, -0.2) is 46.5 Å². The number of hydrogen-bond donors (Lipinski definition) is 3. The van der Waals surface area contributed by atoms with Crippen molar-refractivity contribution in [3.63, 3.8) is 0 Å². The van der Waals surface area contributed by atoms with Gasteiger partial charge in [0.15, 0.2) is 0 Å². The molecule has 0 heterocycles. The first-order valence-corrected chi connectivity index (χ1v) is 12.2. The monoisotopic (exact) mass is 405 g/mol. The highest BCUT2D eigenvalue weighted by molar-refractivity contribution is 5.80. The summed E-state index contributed by atoms with van der Waals surface area (Å²) in [5, 5.41) is 33.8. The van der Waals surface area contributed by atoms with Crippen LogP contribution in [0.3, 0.4) is 0 Å². The molecule has 4 aliphatic carbocycles. The predicted molar refractivity (Wildman–Crippen MR) is 111 cm³/mol. The quantitative estimate of drug-likeness (QED) is 0.622. The van der Waals surface area contributed by atoms with Gasteiger partial charge in [-0.1, -0.05) is 51.4 Å². The number of aliphatic hydroxyl groups is 2. The number of amides is 1. The first-order valence-electron chi connectivity index (χ1n) is 12.2. The molecule has 164 valence electrons. The highest BCUT2D eigenvalue weighted by Crippen LogP contribution is 2.44. The van der Waals surface area contributed by atoms with E-state index in [1.54, 1.807) is 0 Å². The lowest BCUT2D eigenvalue weighted by atomic mass is 9.64. The van der Waals surface area contributed by atoms with E-state index in [4.69, 9.17) is 0 Å². The minimum absolute atomic E-state index is 0.0197. The van der Waals surface area contributed by atoms with Crippen molar-refractivity contribution in [2.75, 3.05) is 0 Å². The molecule has 0 spiro atoms. The van der Waals surface area contributed by atoms with Crippen LogP contribution in [-0.2, 0) is 4.79 Å². The second kappa shape index (κ2) is 9.86. The van der Waals surface area contributed by atoms with Crippen molar-refractivity contribution in [2.45, 2.75) is 120 Å². The molecule has 4 fully saturated rings. The average molecular weight is 406 g/mol. The highest BCUT2D eigenvalue weighted by Gasteiger charge is 2.48. The number of carbonyl (C=O) groups is 1. The number of hydrogen-bond acceptors (Lipinski definition) is 5. The number of carbonyl (C=O) groups excluding carboxylic acids is 1. The van der Waals surface area contributed by atoms with Crippen molar-refractivity contribution in [1.82, 2.24) is 5.32 Å². The van der Waals surface area contributed by atoms with Crippen molar-refractivity contribution in [3.05, 3.63) is 0 Å². The lowest BCUT2D eigenvalue weighted by Crippen LogP contribution is -2.54. The van der Waals surface area contributed by atoms with Crippen LogP contribution >= 0.6 is 0 Å². The fraction of sp³-hybridized carbons (Fsp3) is 0.957. The topological polar surface area (TPSA) is 94.3 Å². The third-order valence-corrected chi connectivity index (χ3v) is 8.06. The minimum Gasteiger partial charge on any atom is -0.391 e. The van der Waals surface area contributed by atoms with Crippen LogP contribution in [0.25, 0.3) is 0 Å². The Morgan fingerprint density at radius 1 is 0.793 bits per heavy atom. The minimum atomic E-state index is -0.762. The van der Waals surface area contributed by atoms with Gasteiger partial charge in [0.1, 0.15) is 6.04 Å². The van der Waals surface area contributed by atoms with Crippen LogP contribution in [0.1, 0.15) is 89.9 Å². The largest absolute Gasteiger partial charge is 0.391 e. The van der Waals surface area contributed by atoms with Crippen molar-refractivity contribution >= 4 is 5.91 Å². The summed E-state index contributed by atoms with van der Waals surface area (Å²) in [6.45, 7) is 0. The zero-order valence-electron chi connectivity index (χ0n) is 17.7. The summed E-state index contributed by atoms with van der Waals surface area (Å²) in [5.41, 5.74) is 0. The standard InChI is InChI=1S/C23H39N3O3/c27-20-13-7-6-12-19(20)25-26-21-17-11-5-4-8-15(17)14-18(22(21)28)23(29)24-16-9-2-1-3-10-16/h15-22,27-28H,1-14H2,(H,24,29). The number of rotatable bonds is 4. The molecule has 0 radical (unpaired) electrons. The Kier molecular flexibility index (Phi) is 7.22. The van der Waals surface area contributed by atoms with E-state index in [9.17, 15) is 15.0 Å². The van der Waals surface area contributed by atoms with E-state index in [-0.39, 0.29) is 30.0 Å². The molecule has 0 bridgehead atoms. The molecule has 0 aromatic carbocycles. The molecule has 7 unspecified atom stereocenters. The smallest absolute Gasteiger partial charge is 0.226 e. The van der Waals surface area contributed by atoms with E-state index < -0.39 is 12.2 Å². The zero-order chi connectivity index (χ0) is 20.2. The Morgan fingerprint density at radius 2 is 1.48 bits per heavy atom. The van der Waals surface area contributed by atoms with Gasteiger partial charge in [-0.05, 0) is 50.4 Å². The maximum absolute atomic E-state index is 13.1. The summed E-state index contributed by atoms with van der Waals surface area (Å²) in [5.74, 6) is 0.416. The third kappa shape index (κ3) is 5.01. The average Bonchev–Trinajstić information content (AvgIpc) is 2.74. The molecule has 1 amide bonds. The van der Waals surface area contributed by atoms with Crippen molar-refractivity contribution < 1.29 is 15.0 Å². The first kappa shape index (κ1) is 21.2. The van der Waals surface area contributed by atoms with Gasteiger partial charge >= 0.3 is 0 Å². The third-order valence-electron chi connectivity index (χ3n) is 8.06. The van der Waals surface area contributed by atoms with Crippen LogP contribution in [0, 0.1) is 17.8 Å². The molecule has 3 N–H and O–H groups in total. The van der Waals surface area contributed by atoms with Gasteiger partial charge in [-0.25, -0.2) is 0 Å². The molecular weight excluding hydrogens is 366 g/mol. The maximum Gasteiger partial charge on any atom is 0.226 e. The van der Waals surface area contributed by atoms with Gasteiger partial charge < -0.3 is 15.5 Å². The van der Waals surface area contributed by atoms with E-state index in [1.165, 1.54) is 32.1 Å². The summed E-state index contributed by atoms with van der Waals surface area (Å²) in [4.78, 5) is 13.1. The van der Waals surface area contributed by atoms with Crippen LogP contribution in [0.4, 0.5) is 0 Å². The molecule has 4 rings (SSSR count). The molecule has 6 nitrogen and oxygen atoms in total. The van der Waals surface area contributed by atoms with E-state index in [1.807, 2.05) is 0 Å². The van der Waals surface area contributed by atoms with E-state index in [0.29, 0.717) is 11.8 Å². The van der Waals surface area contributed by atoms with Gasteiger partial charge in [-0.15, -0.1) is 0 Å². The highest BCUT2D eigenvalue weighted by atomic mass is 16.3. The Balaban J connectivity index is 1.46. The molecule has 4 aliphatic rings. The summed E-state index contributed by atoms with van der Waals surface area (Å²) in [6, 6.07) is -0.176. The number of aliphatic hydroxyl groups excluding tert-OH is 2. The van der Waals surface area contributed by atoms with Crippen LogP contribution in [0.5, 0.6) is 0 Å². The molecule has 0 aliphatic heterocycles. The van der Waals surface area contributed by atoms with E-state index >= 15 is 0 Å². The predicted octanol–water partition coefficient (Wildman–Crippen LogP) is 3.75. The normalized spacial score (nSPS) is 41.8. The van der Waals surface area contributed by atoms with Gasteiger partial charge in [0, 0.05) is 6.04 Å². The molecule has 29 heavy (non-hydrogen) atoms. The molecular formula is C23H39N3O3. The van der Waals surface area contributed by atoms with E-state index in [0.717, 1.165) is 57.8 Å². The second-order valence-corrected chi connectivity index (χ2v) is 10.0. The van der Waals surface area contributed by atoms with Gasteiger partial charge in [-0.3, -0.25) is 4.79 Å². The van der Waals surface area contributed by atoms with Gasteiger partial charge in [0.2, 0.25) is 5.91 Å². The van der Waals surface area contributed by atoms with Gasteiger partial charge in [0.25, 0.3) is 0 Å². The lowest BCUT2D eigenvalue weighted by molar-refractivity contribution is -0.135. The fourth-order valence-electron chi connectivity index (χ4n) is 6.30. The Hall–Kier alpha value is -1.01. The first-order chi connectivity index (χ1) is 14.1. The second-order valence-electron chi connectivity index (χ2n) is 10.0. The van der Waals surface area contributed by atoms with Crippen LogP contribution in [0.2, 0.25) is 0 Å².